The third-order valence-corrected chi connectivity index (χ3v) is 3.05. The molecule has 1 aromatic rings. The van der Waals surface area contributed by atoms with Gasteiger partial charge in [0.05, 0.1) is 12.8 Å². The van der Waals surface area contributed by atoms with E-state index >= 15 is 0 Å². The maximum atomic E-state index is 5.42. The lowest BCUT2D eigenvalue weighted by atomic mass is 9.92. The van der Waals surface area contributed by atoms with Crippen molar-refractivity contribution in [3.63, 3.8) is 0 Å². The van der Waals surface area contributed by atoms with Crippen LogP contribution in [0.15, 0.2) is 22.8 Å². The third kappa shape index (κ3) is 5.69. The minimum Gasteiger partial charge on any atom is -0.468 e. The van der Waals surface area contributed by atoms with Crippen molar-refractivity contribution in [3.8, 4) is 0 Å². The predicted molar refractivity (Wildman–Crippen MR) is 76.6 cm³/mol. The molecule has 1 rings (SSSR count). The van der Waals surface area contributed by atoms with E-state index in [-0.39, 0.29) is 5.41 Å². The van der Waals surface area contributed by atoms with Crippen molar-refractivity contribution >= 4 is 0 Å². The second-order valence-corrected chi connectivity index (χ2v) is 6.08. The van der Waals surface area contributed by atoms with E-state index in [0.29, 0.717) is 6.04 Å². The molecule has 0 atom stereocenters. The van der Waals surface area contributed by atoms with Crippen LogP contribution in [0.25, 0.3) is 0 Å². The summed E-state index contributed by atoms with van der Waals surface area (Å²) in [6.07, 6.45) is 1.74. The molecule has 0 unspecified atom stereocenters. The Hall–Kier alpha value is -0.800. The molecule has 0 radical (unpaired) electrons. The molecule has 0 aliphatic heterocycles. The van der Waals surface area contributed by atoms with Gasteiger partial charge in [0.15, 0.2) is 0 Å². The number of hydrogen-bond donors (Lipinski definition) is 1. The highest BCUT2D eigenvalue weighted by Gasteiger charge is 2.21. The molecule has 18 heavy (non-hydrogen) atoms. The van der Waals surface area contributed by atoms with Gasteiger partial charge in [-0.1, -0.05) is 34.6 Å². The van der Waals surface area contributed by atoms with Crippen LogP contribution in [-0.4, -0.2) is 30.6 Å². The molecule has 1 N–H and O–H groups in total. The van der Waals surface area contributed by atoms with E-state index in [1.807, 2.05) is 12.1 Å². The molecule has 0 spiro atoms. The van der Waals surface area contributed by atoms with Crippen molar-refractivity contribution in [2.45, 2.75) is 47.2 Å². The number of rotatable bonds is 8. The van der Waals surface area contributed by atoms with Crippen molar-refractivity contribution < 1.29 is 4.42 Å². The highest BCUT2D eigenvalue weighted by Crippen LogP contribution is 2.18. The van der Waals surface area contributed by atoms with Crippen LogP contribution >= 0.6 is 0 Å². The standard InChI is InChI=1S/C15H28N2O/c1-6-17(10-14-8-7-9-18-14)12-15(4,5)11-16-13(2)3/h7-9,13,16H,6,10-12H2,1-5H3. The van der Waals surface area contributed by atoms with Crippen LogP contribution < -0.4 is 5.32 Å². The highest BCUT2D eigenvalue weighted by atomic mass is 16.3. The molecule has 0 amide bonds. The van der Waals surface area contributed by atoms with Gasteiger partial charge in [-0.15, -0.1) is 0 Å². The monoisotopic (exact) mass is 252 g/mol. The van der Waals surface area contributed by atoms with Crippen LogP contribution in [0, 0.1) is 5.41 Å². The third-order valence-electron chi connectivity index (χ3n) is 3.05. The van der Waals surface area contributed by atoms with Gasteiger partial charge in [0.1, 0.15) is 5.76 Å². The molecule has 0 bridgehead atoms. The van der Waals surface area contributed by atoms with Gasteiger partial charge in [-0.25, -0.2) is 0 Å². The van der Waals surface area contributed by atoms with Crippen molar-refractivity contribution in [2.24, 2.45) is 5.41 Å². The summed E-state index contributed by atoms with van der Waals surface area (Å²) in [6, 6.07) is 4.54. The fraction of sp³-hybridized carbons (Fsp3) is 0.733. The second-order valence-electron chi connectivity index (χ2n) is 6.08. The van der Waals surface area contributed by atoms with Crippen LogP contribution in [0.1, 0.15) is 40.4 Å². The Morgan fingerprint density at radius 1 is 1.39 bits per heavy atom. The molecule has 3 nitrogen and oxygen atoms in total. The normalized spacial score (nSPS) is 12.6. The summed E-state index contributed by atoms with van der Waals surface area (Å²) in [7, 11) is 0. The van der Waals surface area contributed by atoms with E-state index in [2.05, 4.69) is 44.8 Å². The zero-order valence-corrected chi connectivity index (χ0v) is 12.5. The Bertz CT molecular complexity index is 317. The average molecular weight is 252 g/mol. The van der Waals surface area contributed by atoms with E-state index in [1.54, 1.807) is 6.26 Å². The number of nitrogens with one attached hydrogen (secondary N) is 1. The smallest absolute Gasteiger partial charge is 0.117 e. The summed E-state index contributed by atoms with van der Waals surface area (Å²) in [5.41, 5.74) is 0.271. The van der Waals surface area contributed by atoms with Crippen molar-refractivity contribution in [1.82, 2.24) is 10.2 Å². The molecular formula is C15H28N2O. The molecule has 1 aromatic heterocycles. The molecule has 0 aliphatic carbocycles. The van der Waals surface area contributed by atoms with E-state index < -0.39 is 0 Å². The first kappa shape index (κ1) is 15.3. The topological polar surface area (TPSA) is 28.4 Å². The molecule has 0 saturated carbocycles. The van der Waals surface area contributed by atoms with E-state index in [0.717, 1.165) is 31.9 Å². The molecule has 0 aromatic carbocycles. The lowest BCUT2D eigenvalue weighted by Gasteiger charge is -2.32. The van der Waals surface area contributed by atoms with Gasteiger partial charge < -0.3 is 9.73 Å². The van der Waals surface area contributed by atoms with Gasteiger partial charge in [0.25, 0.3) is 0 Å². The molecule has 0 aliphatic rings. The second kappa shape index (κ2) is 6.95. The minimum absolute atomic E-state index is 0.271. The van der Waals surface area contributed by atoms with Gasteiger partial charge >= 0.3 is 0 Å². The van der Waals surface area contributed by atoms with Gasteiger partial charge in [-0.05, 0) is 24.1 Å². The zero-order chi connectivity index (χ0) is 13.6. The van der Waals surface area contributed by atoms with Crippen molar-refractivity contribution in [3.05, 3.63) is 24.2 Å². The largest absolute Gasteiger partial charge is 0.468 e. The summed E-state index contributed by atoms with van der Waals surface area (Å²) in [5, 5.41) is 3.52. The first-order valence-corrected chi connectivity index (χ1v) is 6.91. The van der Waals surface area contributed by atoms with Crippen LogP contribution in [-0.2, 0) is 6.54 Å². The summed E-state index contributed by atoms with van der Waals surface area (Å²) < 4.78 is 5.42. The molecular weight excluding hydrogens is 224 g/mol. The van der Waals surface area contributed by atoms with Gasteiger partial charge in [0, 0.05) is 19.1 Å². The lowest BCUT2D eigenvalue weighted by molar-refractivity contribution is 0.163. The van der Waals surface area contributed by atoms with E-state index in [9.17, 15) is 0 Å². The average Bonchev–Trinajstić information content (AvgIpc) is 2.78. The summed E-state index contributed by atoms with van der Waals surface area (Å²) in [5.74, 6) is 1.05. The lowest BCUT2D eigenvalue weighted by Crippen LogP contribution is -2.42. The Morgan fingerprint density at radius 3 is 2.61 bits per heavy atom. The number of hydrogen-bond acceptors (Lipinski definition) is 3. The number of furan rings is 1. The summed E-state index contributed by atoms with van der Waals surface area (Å²) >= 11 is 0. The van der Waals surface area contributed by atoms with Crippen LogP contribution in [0.3, 0.4) is 0 Å². The Labute approximate surface area is 112 Å². The Morgan fingerprint density at radius 2 is 2.11 bits per heavy atom. The van der Waals surface area contributed by atoms with Crippen molar-refractivity contribution in [1.29, 1.82) is 0 Å². The molecule has 0 saturated heterocycles. The minimum atomic E-state index is 0.271. The molecule has 1 heterocycles. The molecule has 104 valence electrons. The van der Waals surface area contributed by atoms with Crippen LogP contribution in [0.4, 0.5) is 0 Å². The van der Waals surface area contributed by atoms with E-state index in [4.69, 9.17) is 4.42 Å². The summed E-state index contributed by atoms with van der Waals surface area (Å²) in [6.45, 7) is 15.3. The first-order valence-electron chi connectivity index (χ1n) is 6.91. The highest BCUT2D eigenvalue weighted by molar-refractivity contribution is 4.98. The fourth-order valence-corrected chi connectivity index (χ4v) is 2.04. The Kier molecular flexibility index (Phi) is 5.89. The SMILES string of the molecule is CCN(Cc1ccco1)CC(C)(C)CNC(C)C. The van der Waals surface area contributed by atoms with Gasteiger partial charge in [-0.2, -0.15) is 0 Å². The molecule has 3 heteroatoms. The zero-order valence-electron chi connectivity index (χ0n) is 12.5. The van der Waals surface area contributed by atoms with Crippen LogP contribution in [0.5, 0.6) is 0 Å². The summed E-state index contributed by atoms with van der Waals surface area (Å²) in [4.78, 5) is 2.43. The maximum Gasteiger partial charge on any atom is 0.117 e. The quantitative estimate of drug-likeness (QED) is 0.770. The molecule has 0 fully saturated rings. The predicted octanol–water partition coefficient (Wildman–Crippen LogP) is 3.13. The van der Waals surface area contributed by atoms with Crippen LogP contribution in [0.2, 0.25) is 0 Å². The van der Waals surface area contributed by atoms with Crippen molar-refractivity contribution in [2.75, 3.05) is 19.6 Å². The Balaban J connectivity index is 2.45. The van der Waals surface area contributed by atoms with Gasteiger partial charge in [-0.3, -0.25) is 4.90 Å². The maximum absolute atomic E-state index is 5.42. The van der Waals surface area contributed by atoms with Gasteiger partial charge in [0.2, 0.25) is 0 Å². The first-order chi connectivity index (χ1) is 8.43. The fourth-order valence-electron chi connectivity index (χ4n) is 2.04. The number of nitrogens with zero attached hydrogens (tertiary/aromatic N) is 1. The van der Waals surface area contributed by atoms with E-state index in [1.165, 1.54) is 0 Å².